The minimum absolute atomic E-state index is 0.128. The van der Waals surface area contributed by atoms with Gasteiger partial charge >= 0.3 is 0 Å². The van der Waals surface area contributed by atoms with E-state index in [2.05, 4.69) is 5.32 Å². The Morgan fingerprint density at radius 1 is 0.871 bits per heavy atom. The molecular formula is C25H22N2O4. The lowest BCUT2D eigenvalue weighted by Crippen LogP contribution is -2.35. The van der Waals surface area contributed by atoms with Crippen molar-refractivity contribution in [1.29, 1.82) is 0 Å². The first-order valence-electron chi connectivity index (χ1n) is 9.99. The van der Waals surface area contributed by atoms with Crippen molar-refractivity contribution in [3.8, 4) is 5.75 Å². The summed E-state index contributed by atoms with van der Waals surface area (Å²) in [4.78, 5) is 39.1. The van der Waals surface area contributed by atoms with Crippen molar-refractivity contribution < 1.29 is 19.1 Å². The molecule has 1 N–H and O–H groups in total. The smallest absolute Gasteiger partial charge is 0.261 e. The number of benzene rings is 3. The summed E-state index contributed by atoms with van der Waals surface area (Å²) in [7, 11) is 1.60. The van der Waals surface area contributed by atoms with Gasteiger partial charge in [-0.1, -0.05) is 42.5 Å². The monoisotopic (exact) mass is 414 g/mol. The average molecular weight is 414 g/mol. The minimum atomic E-state index is -0.423. The van der Waals surface area contributed by atoms with Gasteiger partial charge in [-0.05, 0) is 42.0 Å². The van der Waals surface area contributed by atoms with Crippen molar-refractivity contribution >= 4 is 23.3 Å². The molecule has 4 rings (SSSR count). The summed E-state index contributed by atoms with van der Waals surface area (Å²) in [5, 5.41) is 3.38. The quantitative estimate of drug-likeness (QED) is 0.562. The molecule has 0 aromatic heterocycles. The summed E-state index contributed by atoms with van der Waals surface area (Å²) < 4.78 is 5.19. The second kappa shape index (κ2) is 8.83. The number of ether oxygens (including phenoxy) is 1. The van der Waals surface area contributed by atoms with Gasteiger partial charge in [0, 0.05) is 12.1 Å². The number of imide groups is 1. The first kappa shape index (κ1) is 20.3. The zero-order valence-corrected chi connectivity index (χ0v) is 17.1. The molecule has 0 spiro atoms. The zero-order chi connectivity index (χ0) is 21.8. The van der Waals surface area contributed by atoms with Crippen LogP contribution >= 0.6 is 0 Å². The van der Waals surface area contributed by atoms with Gasteiger partial charge in [0.15, 0.2) is 5.78 Å². The normalized spacial score (nSPS) is 13.6. The highest BCUT2D eigenvalue weighted by Gasteiger charge is 2.36. The van der Waals surface area contributed by atoms with Crippen LogP contribution in [-0.2, 0) is 4.79 Å². The molecule has 2 amide bonds. The predicted octanol–water partition coefficient (Wildman–Crippen LogP) is 4.10. The van der Waals surface area contributed by atoms with Gasteiger partial charge in [0.25, 0.3) is 11.8 Å². The van der Waals surface area contributed by atoms with E-state index in [9.17, 15) is 14.4 Å². The van der Waals surface area contributed by atoms with Crippen LogP contribution < -0.4 is 10.1 Å². The maximum absolute atomic E-state index is 12.9. The number of ketones is 1. The molecule has 1 aliphatic heterocycles. The van der Waals surface area contributed by atoms with Crippen molar-refractivity contribution in [1.82, 2.24) is 4.90 Å². The van der Waals surface area contributed by atoms with Gasteiger partial charge in [-0.2, -0.15) is 0 Å². The molecule has 0 bridgehead atoms. The van der Waals surface area contributed by atoms with Gasteiger partial charge in [-0.25, -0.2) is 0 Å². The largest absolute Gasteiger partial charge is 0.497 e. The molecule has 3 aromatic rings. The van der Waals surface area contributed by atoms with Crippen molar-refractivity contribution in [3.05, 3.63) is 95.6 Å². The number of amides is 2. The lowest BCUT2D eigenvalue weighted by molar-refractivity contribution is -0.119. The van der Waals surface area contributed by atoms with Crippen LogP contribution in [0.3, 0.4) is 0 Å². The van der Waals surface area contributed by atoms with Crippen LogP contribution in [-0.4, -0.2) is 36.2 Å². The number of methoxy groups -OCH3 is 1. The minimum Gasteiger partial charge on any atom is -0.497 e. The molecule has 1 heterocycles. The molecule has 1 aliphatic rings. The molecule has 6 heteroatoms. The number of hydrogen-bond acceptors (Lipinski definition) is 5. The summed E-state index contributed by atoms with van der Waals surface area (Å²) in [6.07, 6.45) is 0.128. The van der Waals surface area contributed by atoms with Crippen molar-refractivity contribution in [2.45, 2.75) is 12.5 Å². The first-order chi connectivity index (χ1) is 15.1. The molecule has 0 unspecified atom stereocenters. The van der Waals surface area contributed by atoms with Gasteiger partial charge < -0.3 is 10.1 Å². The number of hydrogen-bond donors (Lipinski definition) is 1. The lowest BCUT2D eigenvalue weighted by atomic mass is 10.0. The van der Waals surface area contributed by atoms with Crippen LogP contribution in [0.5, 0.6) is 5.75 Å². The van der Waals surface area contributed by atoms with Crippen LogP contribution in [0.4, 0.5) is 5.69 Å². The Bertz CT molecular complexity index is 1070. The number of rotatable bonds is 8. The average Bonchev–Trinajstić information content (AvgIpc) is 3.05. The van der Waals surface area contributed by atoms with Gasteiger partial charge in [0.1, 0.15) is 5.75 Å². The van der Waals surface area contributed by atoms with E-state index in [0.717, 1.165) is 21.9 Å². The lowest BCUT2D eigenvalue weighted by Gasteiger charge is -2.21. The van der Waals surface area contributed by atoms with Gasteiger partial charge in [0.05, 0.1) is 30.8 Å². The molecule has 0 saturated carbocycles. The van der Waals surface area contributed by atoms with E-state index in [-0.39, 0.29) is 24.8 Å². The third-order valence-corrected chi connectivity index (χ3v) is 5.28. The van der Waals surface area contributed by atoms with E-state index in [4.69, 9.17) is 4.74 Å². The second-order valence-electron chi connectivity index (χ2n) is 7.32. The number of Topliss-reactive ketones (excluding diaryl/α,β-unsaturated/α-hetero) is 1. The summed E-state index contributed by atoms with van der Waals surface area (Å²) >= 11 is 0. The molecule has 156 valence electrons. The summed E-state index contributed by atoms with van der Waals surface area (Å²) in [5.41, 5.74) is 2.46. The summed E-state index contributed by atoms with van der Waals surface area (Å²) in [6.45, 7) is -0.250. The van der Waals surface area contributed by atoms with Crippen molar-refractivity contribution in [2.24, 2.45) is 0 Å². The first-order valence-corrected chi connectivity index (χ1v) is 9.99. The highest BCUT2D eigenvalue weighted by molar-refractivity contribution is 6.22. The van der Waals surface area contributed by atoms with Crippen LogP contribution in [0.15, 0.2) is 78.9 Å². The fraction of sp³-hybridized carbons (Fsp3) is 0.160. The molecule has 6 nitrogen and oxygen atoms in total. The number of nitrogens with one attached hydrogen (secondary N) is 1. The predicted molar refractivity (Wildman–Crippen MR) is 117 cm³/mol. The number of nitrogens with zero attached hydrogens (tertiary/aromatic N) is 1. The number of anilines is 1. The Kier molecular flexibility index (Phi) is 5.80. The van der Waals surface area contributed by atoms with E-state index >= 15 is 0 Å². The van der Waals surface area contributed by atoms with Gasteiger partial charge in [-0.15, -0.1) is 0 Å². The van der Waals surface area contributed by atoms with E-state index in [0.29, 0.717) is 11.1 Å². The molecule has 0 aliphatic carbocycles. The standard InChI is InChI=1S/C25H22N2O4/c1-31-20-13-11-18(12-14-20)26-23(17-7-3-2-4-8-17)15-19(28)16-27-24(29)21-9-5-6-10-22(21)25(27)30/h2-14,23,26H,15-16H2,1H3/t23-/m0/s1. The number of fused-ring (bicyclic) bond motifs is 1. The Morgan fingerprint density at radius 3 is 2.03 bits per heavy atom. The van der Waals surface area contributed by atoms with Gasteiger partial charge in [-0.3, -0.25) is 19.3 Å². The summed E-state index contributed by atoms with van der Waals surface area (Å²) in [6, 6.07) is 23.4. The molecular weight excluding hydrogens is 392 g/mol. The van der Waals surface area contributed by atoms with E-state index < -0.39 is 11.8 Å². The molecule has 31 heavy (non-hydrogen) atoms. The maximum Gasteiger partial charge on any atom is 0.261 e. The fourth-order valence-electron chi connectivity index (χ4n) is 3.68. The highest BCUT2D eigenvalue weighted by atomic mass is 16.5. The number of carbonyl (C=O) groups is 3. The van der Waals surface area contributed by atoms with Gasteiger partial charge in [0.2, 0.25) is 0 Å². The van der Waals surface area contributed by atoms with Crippen molar-refractivity contribution in [3.63, 3.8) is 0 Å². The maximum atomic E-state index is 12.9. The molecule has 0 radical (unpaired) electrons. The molecule has 0 saturated heterocycles. The zero-order valence-electron chi connectivity index (χ0n) is 17.1. The molecule has 0 fully saturated rings. The van der Waals surface area contributed by atoms with E-state index in [1.54, 1.807) is 31.4 Å². The molecule has 1 atom stereocenters. The Hall–Kier alpha value is -3.93. The third kappa shape index (κ3) is 4.33. The molecule has 3 aromatic carbocycles. The fourth-order valence-corrected chi connectivity index (χ4v) is 3.68. The number of carbonyl (C=O) groups excluding carboxylic acids is 3. The topological polar surface area (TPSA) is 75.7 Å². The summed E-state index contributed by atoms with van der Waals surface area (Å²) in [5.74, 6) is -0.311. The van der Waals surface area contributed by atoms with Crippen LogP contribution in [0, 0.1) is 0 Å². The second-order valence-corrected chi connectivity index (χ2v) is 7.32. The Morgan fingerprint density at radius 2 is 1.45 bits per heavy atom. The third-order valence-electron chi connectivity index (χ3n) is 5.28. The SMILES string of the molecule is COc1ccc(N[C@@H](CC(=O)CN2C(=O)c3ccccc3C2=O)c2ccccc2)cc1. The van der Waals surface area contributed by atoms with Crippen molar-refractivity contribution in [2.75, 3.05) is 19.0 Å². The highest BCUT2D eigenvalue weighted by Crippen LogP contribution is 2.26. The Balaban J connectivity index is 1.50. The Labute approximate surface area is 180 Å². The van der Waals surface area contributed by atoms with Crippen LogP contribution in [0.25, 0.3) is 0 Å². The van der Waals surface area contributed by atoms with E-state index in [1.807, 2.05) is 54.6 Å². The van der Waals surface area contributed by atoms with Crippen LogP contribution in [0.2, 0.25) is 0 Å². The van der Waals surface area contributed by atoms with Crippen LogP contribution in [0.1, 0.15) is 38.7 Å². The van der Waals surface area contributed by atoms with E-state index in [1.165, 1.54) is 0 Å².